The fraction of sp³-hybridized carbons (Fsp3) is 0.619. The van der Waals surface area contributed by atoms with Gasteiger partial charge >= 0.3 is 0 Å². The number of benzene rings is 1. The van der Waals surface area contributed by atoms with E-state index in [1.165, 1.54) is 5.56 Å². The molecule has 0 atom stereocenters. The lowest BCUT2D eigenvalue weighted by Crippen LogP contribution is -2.09. The molecule has 0 radical (unpaired) electrons. The Morgan fingerprint density at radius 1 is 0.826 bits per heavy atom. The zero-order valence-electron chi connectivity index (χ0n) is 15.3. The summed E-state index contributed by atoms with van der Waals surface area (Å²) in [5.41, 5.74) is 2.40. The molecule has 0 spiro atoms. The molecule has 0 saturated heterocycles. The first kappa shape index (κ1) is 19.6. The average molecular weight is 316 g/mol. The molecule has 1 aromatic rings. The molecule has 0 unspecified atom stereocenters. The summed E-state index contributed by atoms with van der Waals surface area (Å²) in [6, 6.07) is 8.10. The first-order valence-corrected chi connectivity index (χ1v) is 8.89. The molecule has 0 fully saturated rings. The molecule has 1 rings (SSSR count). The summed E-state index contributed by atoms with van der Waals surface area (Å²) >= 11 is 0. The Hall–Kier alpha value is -1.44. The Kier molecular flexibility index (Phi) is 8.22. The second-order valence-corrected chi connectivity index (χ2v) is 7.83. The van der Waals surface area contributed by atoms with Gasteiger partial charge in [-0.05, 0) is 37.2 Å². The minimum absolute atomic E-state index is 0.246. The standard InChI is InChI=1S/C21H32O2/c1-17(22)10-8-6-5-7-9-11-20(23)19-14-12-18(13-15-19)16-21(2,3)4/h12-15H,5-11,16H2,1-4H3. The van der Waals surface area contributed by atoms with Gasteiger partial charge in [-0.1, -0.05) is 64.3 Å². The quantitative estimate of drug-likeness (QED) is 0.405. The molecule has 0 N–H and O–H groups in total. The fourth-order valence-electron chi connectivity index (χ4n) is 2.76. The summed E-state index contributed by atoms with van der Waals surface area (Å²) in [5, 5.41) is 0. The van der Waals surface area contributed by atoms with Crippen molar-refractivity contribution in [2.45, 2.75) is 79.1 Å². The predicted octanol–water partition coefficient (Wildman–Crippen LogP) is 5.78. The van der Waals surface area contributed by atoms with Crippen LogP contribution in [-0.4, -0.2) is 11.6 Å². The predicted molar refractivity (Wildman–Crippen MR) is 96.9 cm³/mol. The molecule has 0 aromatic heterocycles. The van der Waals surface area contributed by atoms with E-state index in [1.54, 1.807) is 6.92 Å². The van der Waals surface area contributed by atoms with Crippen molar-refractivity contribution in [1.82, 2.24) is 0 Å². The maximum Gasteiger partial charge on any atom is 0.162 e. The third-order valence-electron chi connectivity index (χ3n) is 3.94. The number of ketones is 2. The fourth-order valence-corrected chi connectivity index (χ4v) is 2.76. The van der Waals surface area contributed by atoms with Gasteiger partial charge in [0.1, 0.15) is 5.78 Å². The lowest BCUT2D eigenvalue weighted by molar-refractivity contribution is -0.117. The van der Waals surface area contributed by atoms with E-state index in [-0.39, 0.29) is 17.0 Å². The van der Waals surface area contributed by atoms with Crippen molar-refractivity contribution in [2.24, 2.45) is 5.41 Å². The second-order valence-electron chi connectivity index (χ2n) is 7.83. The Balaban J connectivity index is 2.26. The topological polar surface area (TPSA) is 34.1 Å². The van der Waals surface area contributed by atoms with Crippen LogP contribution in [0.15, 0.2) is 24.3 Å². The van der Waals surface area contributed by atoms with Crippen molar-refractivity contribution in [3.63, 3.8) is 0 Å². The molecule has 2 heteroatoms. The van der Waals surface area contributed by atoms with E-state index >= 15 is 0 Å². The molecule has 0 bridgehead atoms. The van der Waals surface area contributed by atoms with Crippen LogP contribution >= 0.6 is 0 Å². The maximum atomic E-state index is 12.2. The molecule has 1 aromatic carbocycles. The Morgan fingerprint density at radius 2 is 1.35 bits per heavy atom. The lowest BCUT2D eigenvalue weighted by atomic mass is 9.88. The van der Waals surface area contributed by atoms with E-state index < -0.39 is 0 Å². The van der Waals surface area contributed by atoms with Gasteiger partial charge in [0.25, 0.3) is 0 Å². The largest absolute Gasteiger partial charge is 0.300 e. The van der Waals surface area contributed by atoms with E-state index in [0.717, 1.165) is 44.1 Å². The van der Waals surface area contributed by atoms with Crippen LogP contribution in [0.5, 0.6) is 0 Å². The van der Waals surface area contributed by atoms with E-state index in [1.807, 2.05) is 12.1 Å². The monoisotopic (exact) mass is 316 g/mol. The Morgan fingerprint density at radius 3 is 1.87 bits per heavy atom. The van der Waals surface area contributed by atoms with Gasteiger partial charge in [-0.2, -0.15) is 0 Å². The molecule has 0 saturated carbocycles. The first-order valence-electron chi connectivity index (χ1n) is 8.89. The number of carbonyl (C=O) groups excluding carboxylic acids is 2. The normalized spacial score (nSPS) is 11.5. The summed E-state index contributed by atoms with van der Waals surface area (Å²) in [5.74, 6) is 0.520. The molecule has 0 aliphatic carbocycles. The molecule has 23 heavy (non-hydrogen) atoms. The van der Waals surface area contributed by atoms with Crippen LogP contribution in [0.1, 0.15) is 88.6 Å². The van der Waals surface area contributed by atoms with E-state index in [0.29, 0.717) is 12.8 Å². The Labute approximate surface area is 141 Å². The van der Waals surface area contributed by atoms with Crippen molar-refractivity contribution < 1.29 is 9.59 Å². The van der Waals surface area contributed by atoms with Gasteiger partial charge < -0.3 is 4.79 Å². The number of carbonyl (C=O) groups is 2. The third-order valence-corrected chi connectivity index (χ3v) is 3.94. The Bertz CT molecular complexity index is 492. The molecular weight excluding hydrogens is 284 g/mol. The van der Waals surface area contributed by atoms with Crippen molar-refractivity contribution in [3.05, 3.63) is 35.4 Å². The highest BCUT2D eigenvalue weighted by Gasteiger charge is 2.12. The highest BCUT2D eigenvalue weighted by molar-refractivity contribution is 5.96. The molecule has 0 amide bonds. The number of unbranched alkanes of at least 4 members (excludes halogenated alkanes) is 4. The molecular formula is C21H32O2. The lowest BCUT2D eigenvalue weighted by Gasteiger charge is -2.18. The van der Waals surface area contributed by atoms with Crippen LogP contribution in [0.25, 0.3) is 0 Å². The molecule has 2 nitrogen and oxygen atoms in total. The van der Waals surface area contributed by atoms with Crippen molar-refractivity contribution in [2.75, 3.05) is 0 Å². The number of Topliss-reactive ketones (excluding diaryl/α,β-unsaturated/α-hetero) is 2. The third kappa shape index (κ3) is 9.32. The van der Waals surface area contributed by atoms with E-state index in [4.69, 9.17) is 0 Å². The summed E-state index contributed by atoms with van der Waals surface area (Å²) in [7, 11) is 0. The van der Waals surface area contributed by atoms with Crippen molar-refractivity contribution >= 4 is 11.6 Å². The van der Waals surface area contributed by atoms with Gasteiger partial charge in [0.15, 0.2) is 5.78 Å². The highest BCUT2D eigenvalue weighted by Crippen LogP contribution is 2.21. The van der Waals surface area contributed by atoms with Gasteiger partial charge in [-0.3, -0.25) is 4.79 Å². The summed E-state index contributed by atoms with van der Waals surface area (Å²) in [6.07, 6.45) is 7.57. The summed E-state index contributed by atoms with van der Waals surface area (Å²) < 4.78 is 0. The highest BCUT2D eigenvalue weighted by atomic mass is 16.1. The van der Waals surface area contributed by atoms with Gasteiger partial charge in [0.05, 0.1) is 0 Å². The SMILES string of the molecule is CC(=O)CCCCCCCC(=O)c1ccc(CC(C)(C)C)cc1. The van der Waals surface area contributed by atoms with E-state index in [9.17, 15) is 9.59 Å². The van der Waals surface area contributed by atoms with Crippen molar-refractivity contribution in [3.8, 4) is 0 Å². The van der Waals surface area contributed by atoms with Crippen molar-refractivity contribution in [1.29, 1.82) is 0 Å². The van der Waals surface area contributed by atoms with Crippen LogP contribution in [0.2, 0.25) is 0 Å². The minimum Gasteiger partial charge on any atom is -0.300 e. The van der Waals surface area contributed by atoms with Crippen LogP contribution in [-0.2, 0) is 11.2 Å². The van der Waals surface area contributed by atoms with Crippen LogP contribution in [0.3, 0.4) is 0 Å². The van der Waals surface area contributed by atoms with Gasteiger partial charge in [-0.15, -0.1) is 0 Å². The van der Waals surface area contributed by atoms with Crippen LogP contribution in [0.4, 0.5) is 0 Å². The van der Waals surface area contributed by atoms with Gasteiger partial charge in [0, 0.05) is 18.4 Å². The van der Waals surface area contributed by atoms with Gasteiger partial charge in [0.2, 0.25) is 0 Å². The van der Waals surface area contributed by atoms with E-state index in [2.05, 4.69) is 32.9 Å². The van der Waals surface area contributed by atoms with Gasteiger partial charge in [-0.25, -0.2) is 0 Å². The van der Waals surface area contributed by atoms with Crippen LogP contribution < -0.4 is 0 Å². The number of rotatable bonds is 10. The maximum absolute atomic E-state index is 12.2. The molecule has 0 aliphatic heterocycles. The molecule has 0 heterocycles. The van der Waals surface area contributed by atoms with Crippen LogP contribution in [0, 0.1) is 5.41 Å². The number of hydrogen-bond donors (Lipinski definition) is 0. The summed E-state index contributed by atoms with van der Waals surface area (Å²) in [4.78, 5) is 23.0. The summed E-state index contributed by atoms with van der Waals surface area (Å²) in [6.45, 7) is 8.32. The molecule has 128 valence electrons. The minimum atomic E-state index is 0.246. The number of hydrogen-bond acceptors (Lipinski definition) is 2. The smallest absolute Gasteiger partial charge is 0.162 e. The zero-order valence-corrected chi connectivity index (χ0v) is 15.3. The average Bonchev–Trinajstić information content (AvgIpc) is 2.44. The zero-order chi connectivity index (χ0) is 17.3. The second kappa shape index (κ2) is 9.64. The first-order chi connectivity index (χ1) is 10.8. The molecule has 0 aliphatic rings.